The van der Waals surface area contributed by atoms with E-state index in [0.29, 0.717) is 22.2 Å². The molecule has 1 aromatic carbocycles. The second-order valence-electron chi connectivity index (χ2n) is 6.81. The third kappa shape index (κ3) is 5.16. The monoisotopic (exact) mass is 480 g/mol. The number of carbonyl (C=O) groups excluding carboxylic acids is 1. The van der Waals surface area contributed by atoms with Gasteiger partial charge in [0.05, 0.1) is 30.7 Å². The highest BCUT2D eigenvalue weighted by molar-refractivity contribution is 7.99. The van der Waals surface area contributed by atoms with E-state index in [9.17, 15) is 4.79 Å². The molecule has 0 spiro atoms. The van der Waals surface area contributed by atoms with E-state index in [4.69, 9.17) is 21.1 Å². The zero-order valence-corrected chi connectivity index (χ0v) is 20.5. The molecular formula is C21H25ClN4O3S2. The van der Waals surface area contributed by atoms with E-state index >= 15 is 0 Å². The Morgan fingerprint density at radius 2 is 1.97 bits per heavy atom. The molecule has 31 heavy (non-hydrogen) atoms. The molecule has 0 saturated heterocycles. The van der Waals surface area contributed by atoms with Gasteiger partial charge in [-0.15, -0.1) is 21.5 Å². The highest BCUT2D eigenvalue weighted by Gasteiger charge is 2.19. The summed E-state index contributed by atoms with van der Waals surface area (Å²) in [5.74, 6) is 1.75. The standard InChI is InChI=1S/C21H25ClN4O3S2/c1-6-7-26-20(14-10-30-13(3)12(14)2)24-25-21(26)31-11-19(27)23-16-9-17(28-4)15(22)8-18(16)29-5/h8-10H,6-7,11H2,1-5H3,(H,23,27). The number of nitrogens with one attached hydrogen (secondary N) is 1. The third-order valence-electron chi connectivity index (χ3n) is 4.77. The topological polar surface area (TPSA) is 78.3 Å². The van der Waals surface area contributed by atoms with Gasteiger partial charge in [0, 0.05) is 34.5 Å². The maximum absolute atomic E-state index is 12.6. The van der Waals surface area contributed by atoms with Crippen LogP contribution in [0, 0.1) is 13.8 Å². The fourth-order valence-corrected chi connectivity index (χ4v) is 4.89. The first-order valence-electron chi connectivity index (χ1n) is 9.72. The number of amides is 1. The van der Waals surface area contributed by atoms with Crippen molar-refractivity contribution < 1.29 is 14.3 Å². The molecule has 1 amide bonds. The van der Waals surface area contributed by atoms with Crippen LogP contribution < -0.4 is 14.8 Å². The molecule has 0 aliphatic rings. The molecular weight excluding hydrogens is 456 g/mol. The Morgan fingerprint density at radius 1 is 1.23 bits per heavy atom. The molecule has 0 aliphatic heterocycles. The minimum absolute atomic E-state index is 0.178. The number of methoxy groups -OCH3 is 2. The van der Waals surface area contributed by atoms with Crippen molar-refractivity contribution in [3.05, 3.63) is 33.0 Å². The van der Waals surface area contributed by atoms with Crippen LogP contribution in [-0.2, 0) is 11.3 Å². The van der Waals surface area contributed by atoms with Crippen LogP contribution in [0.3, 0.4) is 0 Å². The van der Waals surface area contributed by atoms with Gasteiger partial charge in [0.1, 0.15) is 11.5 Å². The second-order valence-corrected chi connectivity index (χ2v) is 9.25. The van der Waals surface area contributed by atoms with E-state index in [2.05, 4.69) is 46.2 Å². The maximum Gasteiger partial charge on any atom is 0.234 e. The second kappa shape index (κ2) is 10.4. The molecule has 0 aliphatic carbocycles. The molecule has 10 heteroatoms. The lowest BCUT2D eigenvalue weighted by Gasteiger charge is -2.13. The predicted octanol–water partition coefficient (Wildman–Crippen LogP) is 5.43. The van der Waals surface area contributed by atoms with Gasteiger partial charge < -0.3 is 19.4 Å². The first-order valence-corrected chi connectivity index (χ1v) is 12.0. The molecule has 0 radical (unpaired) electrons. The average Bonchev–Trinajstić information content (AvgIpc) is 3.30. The van der Waals surface area contributed by atoms with Crippen molar-refractivity contribution in [3.63, 3.8) is 0 Å². The number of thiophene rings is 1. The smallest absolute Gasteiger partial charge is 0.234 e. The lowest BCUT2D eigenvalue weighted by molar-refractivity contribution is -0.113. The van der Waals surface area contributed by atoms with Crippen LogP contribution in [0.4, 0.5) is 5.69 Å². The molecule has 0 bridgehead atoms. The van der Waals surface area contributed by atoms with Crippen LogP contribution in [0.25, 0.3) is 11.4 Å². The van der Waals surface area contributed by atoms with E-state index in [1.165, 1.54) is 36.4 Å². The molecule has 3 rings (SSSR count). The predicted molar refractivity (Wildman–Crippen MR) is 127 cm³/mol. The van der Waals surface area contributed by atoms with Crippen molar-refractivity contribution >= 4 is 46.3 Å². The third-order valence-corrected chi connectivity index (χ3v) is 7.05. The number of carbonyl (C=O) groups is 1. The Bertz CT molecular complexity index is 1080. The van der Waals surface area contributed by atoms with Gasteiger partial charge in [0.25, 0.3) is 0 Å². The molecule has 2 aromatic heterocycles. The molecule has 166 valence electrons. The summed E-state index contributed by atoms with van der Waals surface area (Å²) in [5.41, 5.74) is 2.81. The number of benzene rings is 1. The zero-order chi connectivity index (χ0) is 22.5. The maximum atomic E-state index is 12.6. The van der Waals surface area contributed by atoms with Gasteiger partial charge in [-0.05, 0) is 25.8 Å². The summed E-state index contributed by atoms with van der Waals surface area (Å²) in [6, 6.07) is 3.25. The van der Waals surface area contributed by atoms with Crippen LogP contribution in [0.2, 0.25) is 5.02 Å². The average molecular weight is 481 g/mol. The summed E-state index contributed by atoms with van der Waals surface area (Å²) in [5, 5.41) is 14.9. The molecule has 0 fully saturated rings. The van der Waals surface area contributed by atoms with Crippen molar-refractivity contribution in [2.24, 2.45) is 0 Å². The van der Waals surface area contributed by atoms with Crippen LogP contribution in [0.5, 0.6) is 11.5 Å². The normalized spacial score (nSPS) is 10.9. The Morgan fingerprint density at radius 3 is 2.58 bits per heavy atom. The number of rotatable bonds is 9. The molecule has 2 heterocycles. The number of hydrogen-bond acceptors (Lipinski definition) is 7. The van der Waals surface area contributed by atoms with Crippen molar-refractivity contribution in [1.82, 2.24) is 14.8 Å². The Kier molecular flexibility index (Phi) is 7.85. The Labute approximate surface area is 195 Å². The van der Waals surface area contributed by atoms with E-state index in [1.54, 1.807) is 23.5 Å². The molecule has 0 unspecified atom stereocenters. The summed E-state index contributed by atoms with van der Waals surface area (Å²) >= 11 is 9.19. The fraction of sp³-hybridized carbons (Fsp3) is 0.381. The number of nitrogens with zero attached hydrogens (tertiary/aromatic N) is 3. The quantitative estimate of drug-likeness (QED) is 0.411. The van der Waals surface area contributed by atoms with Crippen molar-refractivity contribution in [2.75, 3.05) is 25.3 Å². The van der Waals surface area contributed by atoms with Gasteiger partial charge in [0.15, 0.2) is 11.0 Å². The van der Waals surface area contributed by atoms with Crippen LogP contribution in [-0.4, -0.2) is 40.6 Å². The van der Waals surface area contributed by atoms with Crippen LogP contribution in [0.1, 0.15) is 23.8 Å². The first kappa shape index (κ1) is 23.4. The number of aromatic nitrogens is 3. The lowest BCUT2D eigenvalue weighted by atomic mass is 10.1. The van der Waals surface area contributed by atoms with E-state index in [-0.39, 0.29) is 11.7 Å². The molecule has 0 atom stereocenters. The highest BCUT2D eigenvalue weighted by Crippen LogP contribution is 2.36. The minimum atomic E-state index is -0.192. The lowest BCUT2D eigenvalue weighted by Crippen LogP contribution is -2.15. The summed E-state index contributed by atoms with van der Waals surface area (Å²) in [6.07, 6.45) is 0.939. The van der Waals surface area contributed by atoms with E-state index in [0.717, 1.165) is 29.5 Å². The SMILES string of the molecule is CCCn1c(SCC(=O)Nc2cc(OC)c(Cl)cc2OC)nnc1-c1csc(C)c1C. The Hall–Kier alpha value is -2.23. The fourth-order valence-electron chi connectivity index (χ4n) is 3.03. The van der Waals surface area contributed by atoms with Gasteiger partial charge in [-0.1, -0.05) is 30.3 Å². The number of thioether (sulfide) groups is 1. The molecule has 7 nitrogen and oxygen atoms in total. The van der Waals surface area contributed by atoms with Crippen molar-refractivity contribution in [1.29, 1.82) is 0 Å². The summed E-state index contributed by atoms with van der Waals surface area (Å²) in [7, 11) is 3.04. The molecule has 3 aromatic rings. The zero-order valence-electron chi connectivity index (χ0n) is 18.1. The summed E-state index contributed by atoms with van der Waals surface area (Å²) in [6.45, 7) is 7.09. The van der Waals surface area contributed by atoms with E-state index in [1.807, 2.05) is 0 Å². The van der Waals surface area contributed by atoms with Gasteiger partial charge in [0.2, 0.25) is 5.91 Å². The Balaban J connectivity index is 1.76. The number of hydrogen-bond donors (Lipinski definition) is 1. The van der Waals surface area contributed by atoms with Crippen molar-refractivity contribution in [2.45, 2.75) is 38.9 Å². The minimum Gasteiger partial charge on any atom is -0.495 e. The number of halogens is 1. The van der Waals surface area contributed by atoms with Crippen molar-refractivity contribution in [3.8, 4) is 22.9 Å². The van der Waals surface area contributed by atoms with E-state index < -0.39 is 0 Å². The summed E-state index contributed by atoms with van der Waals surface area (Å²) < 4.78 is 12.6. The number of ether oxygens (including phenoxy) is 2. The van der Waals surface area contributed by atoms with Gasteiger partial charge in [-0.2, -0.15) is 0 Å². The number of anilines is 1. The van der Waals surface area contributed by atoms with Gasteiger partial charge in [-0.25, -0.2) is 0 Å². The largest absolute Gasteiger partial charge is 0.495 e. The molecule has 1 N–H and O–H groups in total. The highest BCUT2D eigenvalue weighted by atomic mass is 35.5. The van der Waals surface area contributed by atoms with Gasteiger partial charge >= 0.3 is 0 Å². The van der Waals surface area contributed by atoms with Crippen LogP contribution in [0.15, 0.2) is 22.7 Å². The number of aryl methyl sites for hydroxylation is 1. The van der Waals surface area contributed by atoms with Crippen LogP contribution >= 0.6 is 34.7 Å². The molecule has 0 saturated carbocycles. The summed E-state index contributed by atoms with van der Waals surface area (Å²) in [4.78, 5) is 13.9. The van der Waals surface area contributed by atoms with Gasteiger partial charge in [-0.3, -0.25) is 4.79 Å². The first-order chi connectivity index (χ1) is 14.9.